The van der Waals surface area contributed by atoms with Gasteiger partial charge in [0.2, 0.25) is 0 Å². The second-order valence-corrected chi connectivity index (χ2v) is 5.40. The number of amides is 2. The molecule has 1 heterocycles. The van der Waals surface area contributed by atoms with Crippen LogP contribution in [-0.2, 0) is 14.3 Å². The molecule has 0 bridgehead atoms. The molecule has 0 aliphatic carbocycles. The average Bonchev–Trinajstić information content (AvgIpc) is 2.47. The molecule has 0 aromatic rings. The molecule has 0 saturated carbocycles. The molecule has 0 aromatic carbocycles. The number of carbonyl (C=O) groups is 2. The Bertz CT molecular complexity index is 350. The Labute approximate surface area is 125 Å². The van der Waals surface area contributed by atoms with E-state index in [1.165, 1.54) is 0 Å². The smallest absolute Gasteiger partial charge is 0.320 e. The molecule has 1 aliphatic heterocycles. The van der Waals surface area contributed by atoms with Crippen LogP contribution in [0.4, 0.5) is 4.79 Å². The number of methoxy groups -OCH3 is 2. The Balaban J connectivity index is 2.71. The summed E-state index contributed by atoms with van der Waals surface area (Å²) >= 11 is 0. The van der Waals surface area contributed by atoms with Gasteiger partial charge < -0.3 is 24.4 Å². The van der Waals surface area contributed by atoms with E-state index in [0.29, 0.717) is 32.7 Å². The molecular weight excluding hydrogens is 276 g/mol. The topological polar surface area (TPSA) is 79.3 Å². The van der Waals surface area contributed by atoms with Gasteiger partial charge in [0.05, 0.1) is 25.2 Å². The molecule has 2 unspecified atom stereocenters. The zero-order valence-electron chi connectivity index (χ0n) is 13.1. The highest BCUT2D eigenvalue weighted by molar-refractivity contribution is 5.77. The van der Waals surface area contributed by atoms with E-state index < -0.39 is 11.9 Å². The van der Waals surface area contributed by atoms with Crippen molar-refractivity contribution in [3.63, 3.8) is 0 Å². The third kappa shape index (κ3) is 5.17. The summed E-state index contributed by atoms with van der Waals surface area (Å²) in [6.45, 7) is 4.13. The lowest BCUT2D eigenvalue weighted by Crippen LogP contribution is -2.53. The highest BCUT2D eigenvalue weighted by Gasteiger charge is 2.31. The number of carbonyl (C=O) groups excluding carboxylic acids is 1. The number of nitrogens with zero attached hydrogens (tertiary/aromatic N) is 2. The zero-order chi connectivity index (χ0) is 15.8. The van der Waals surface area contributed by atoms with E-state index in [1.807, 2.05) is 6.92 Å². The van der Waals surface area contributed by atoms with Gasteiger partial charge in [-0.05, 0) is 19.8 Å². The van der Waals surface area contributed by atoms with Gasteiger partial charge in [0.15, 0.2) is 0 Å². The SMILES string of the molecule is COCCN(C(=O)N1CCCC(C(=O)O)C1)C(C)COC. The molecule has 7 nitrogen and oxygen atoms in total. The maximum atomic E-state index is 12.6. The van der Waals surface area contributed by atoms with Crippen LogP contribution >= 0.6 is 0 Å². The molecule has 21 heavy (non-hydrogen) atoms. The Morgan fingerprint density at radius 2 is 2.10 bits per heavy atom. The second-order valence-electron chi connectivity index (χ2n) is 5.40. The van der Waals surface area contributed by atoms with Crippen molar-refractivity contribution < 1.29 is 24.2 Å². The van der Waals surface area contributed by atoms with Gasteiger partial charge >= 0.3 is 12.0 Å². The van der Waals surface area contributed by atoms with Crippen LogP contribution in [0.3, 0.4) is 0 Å². The molecule has 1 fully saturated rings. The molecule has 0 aromatic heterocycles. The fourth-order valence-electron chi connectivity index (χ4n) is 2.56. The van der Waals surface area contributed by atoms with E-state index in [2.05, 4.69) is 0 Å². The standard InChI is InChI=1S/C14H26N2O5/c1-11(10-21-3)16(7-8-20-2)14(19)15-6-4-5-12(9-15)13(17)18/h11-12H,4-10H2,1-3H3,(H,17,18). The molecule has 1 N–H and O–H groups in total. The Morgan fingerprint density at radius 3 is 2.67 bits per heavy atom. The summed E-state index contributed by atoms with van der Waals surface area (Å²) in [7, 11) is 3.18. The lowest BCUT2D eigenvalue weighted by atomic mass is 9.98. The van der Waals surface area contributed by atoms with Crippen molar-refractivity contribution in [1.82, 2.24) is 9.80 Å². The summed E-state index contributed by atoms with van der Waals surface area (Å²) in [5.41, 5.74) is 0. The largest absolute Gasteiger partial charge is 0.481 e. The van der Waals surface area contributed by atoms with Gasteiger partial charge in [0.25, 0.3) is 0 Å². The predicted octanol–water partition coefficient (Wildman–Crippen LogP) is 0.886. The maximum absolute atomic E-state index is 12.6. The van der Waals surface area contributed by atoms with E-state index >= 15 is 0 Å². The number of urea groups is 1. The van der Waals surface area contributed by atoms with Crippen LogP contribution in [0, 0.1) is 5.92 Å². The Morgan fingerprint density at radius 1 is 1.38 bits per heavy atom. The van der Waals surface area contributed by atoms with Crippen LogP contribution in [-0.4, -0.2) is 80.0 Å². The van der Waals surface area contributed by atoms with Gasteiger partial charge in [-0.25, -0.2) is 4.79 Å². The summed E-state index contributed by atoms with van der Waals surface area (Å²) in [5, 5.41) is 9.12. The fourth-order valence-corrected chi connectivity index (χ4v) is 2.56. The van der Waals surface area contributed by atoms with Gasteiger partial charge in [-0.15, -0.1) is 0 Å². The summed E-state index contributed by atoms with van der Waals surface area (Å²) in [6.07, 6.45) is 1.35. The molecule has 0 spiro atoms. The van der Waals surface area contributed by atoms with Crippen LogP contribution in [0.15, 0.2) is 0 Å². The minimum absolute atomic E-state index is 0.0807. The number of carboxylic acids is 1. The fraction of sp³-hybridized carbons (Fsp3) is 0.857. The van der Waals surface area contributed by atoms with Gasteiger partial charge in [-0.3, -0.25) is 4.79 Å². The van der Waals surface area contributed by atoms with Crippen molar-refractivity contribution in [2.75, 3.05) is 47.1 Å². The van der Waals surface area contributed by atoms with Gasteiger partial charge in [-0.1, -0.05) is 0 Å². The van der Waals surface area contributed by atoms with Gasteiger partial charge in [0, 0.05) is 33.9 Å². The lowest BCUT2D eigenvalue weighted by Gasteiger charge is -2.37. The van der Waals surface area contributed by atoms with Crippen LogP contribution < -0.4 is 0 Å². The first-order valence-corrected chi connectivity index (χ1v) is 7.27. The number of hydrogen-bond donors (Lipinski definition) is 1. The van der Waals surface area contributed by atoms with Gasteiger partial charge in [-0.2, -0.15) is 0 Å². The first-order chi connectivity index (χ1) is 10.0. The number of rotatable bonds is 7. The quantitative estimate of drug-likeness (QED) is 0.755. The highest BCUT2D eigenvalue weighted by atomic mass is 16.5. The van der Waals surface area contributed by atoms with E-state index in [1.54, 1.807) is 24.0 Å². The average molecular weight is 302 g/mol. The van der Waals surface area contributed by atoms with Crippen molar-refractivity contribution in [3.8, 4) is 0 Å². The lowest BCUT2D eigenvalue weighted by molar-refractivity contribution is -0.143. The van der Waals surface area contributed by atoms with Crippen molar-refractivity contribution >= 4 is 12.0 Å². The minimum Gasteiger partial charge on any atom is -0.481 e. The number of ether oxygens (including phenoxy) is 2. The number of carboxylic acid groups (broad SMARTS) is 1. The van der Waals surface area contributed by atoms with Crippen molar-refractivity contribution in [2.24, 2.45) is 5.92 Å². The van der Waals surface area contributed by atoms with Crippen molar-refractivity contribution in [3.05, 3.63) is 0 Å². The molecule has 122 valence electrons. The second kappa shape index (κ2) is 8.84. The summed E-state index contributed by atoms with van der Waals surface area (Å²) < 4.78 is 10.2. The number of likely N-dealkylation sites (tertiary alicyclic amines) is 1. The Hall–Kier alpha value is -1.34. The first-order valence-electron chi connectivity index (χ1n) is 7.27. The molecule has 1 rings (SSSR count). The summed E-state index contributed by atoms with van der Waals surface area (Å²) in [6, 6.07) is -0.217. The minimum atomic E-state index is -0.833. The molecule has 2 amide bonds. The monoisotopic (exact) mass is 302 g/mol. The van der Waals surface area contributed by atoms with Crippen LogP contribution in [0.1, 0.15) is 19.8 Å². The summed E-state index contributed by atoms with van der Waals surface area (Å²) in [5.74, 6) is -1.30. The maximum Gasteiger partial charge on any atom is 0.320 e. The van der Waals surface area contributed by atoms with Crippen LogP contribution in [0.5, 0.6) is 0 Å². The molecule has 0 radical (unpaired) electrons. The van der Waals surface area contributed by atoms with E-state index in [0.717, 1.165) is 6.42 Å². The summed E-state index contributed by atoms with van der Waals surface area (Å²) in [4.78, 5) is 27.1. The normalized spacial score (nSPS) is 20.1. The molecule has 1 saturated heterocycles. The molecule has 1 aliphatic rings. The van der Waals surface area contributed by atoms with Gasteiger partial charge in [0.1, 0.15) is 0 Å². The third-order valence-corrected chi connectivity index (χ3v) is 3.76. The molecule has 7 heteroatoms. The number of aliphatic carboxylic acids is 1. The molecule has 2 atom stereocenters. The highest BCUT2D eigenvalue weighted by Crippen LogP contribution is 2.18. The van der Waals surface area contributed by atoms with E-state index in [-0.39, 0.29) is 18.6 Å². The molecular formula is C14H26N2O5. The number of piperidine rings is 1. The van der Waals surface area contributed by atoms with Crippen LogP contribution in [0.25, 0.3) is 0 Å². The predicted molar refractivity (Wildman–Crippen MR) is 77.2 cm³/mol. The van der Waals surface area contributed by atoms with Crippen molar-refractivity contribution in [2.45, 2.75) is 25.8 Å². The Kier molecular flexibility index (Phi) is 7.45. The van der Waals surface area contributed by atoms with E-state index in [9.17, 15) is 9.59 Å². The third-order valence-electron chi connectivity index (χ3n) is 3.76. The van der Waals surface area contributed by atoms with Crippen molar-refractivity contribution in [1.29, 1.82) is 0 Å². The van der Waals surface area contributed by atoms with E-state index in [4.69, 9.17) is 14.6 Å². The first kappa shape index (κ1) is 17.7. The number of hydrogen-bond acceptors (Lipinski definition) is 4. The van der Waals surface area contributed by atoms with Crippen LogP contribution in [0.2, 0.25) is 0 Å². The zero-order valence-corrected chi connectivity index (χ0v) is 13.1.